The quantitative estimate of drug-likeness (QED) is 0.416. The smallest absolute Gasteiger partial charge is 0.153 e. The third-order valence-electron chi connectivity index (χ3n) is 5.29. The van der Waals surface area contributed by atoms with Crippen molar-refractivity contribution in [3.8, 4) is 5.75 Å². The predicted molar refractivity (Wildman–Crippen MR) is 132 cm³/mol. The fraction of sp³-hybridized carbons (Fsp3) is 0.240. The highest BCUT2D eigenvalue weighted by Gasteiger charge is 2.18. The van der Waals surface area contributed by atoms with Gasteiger partial charge in [-0.2, -0.15) is 0 Å². The van der Waals surface area contributed by atoms with E-state index in [0.29, 0.717) is 15.9 Å². The van der Waals surface area contributed by atoms with Crippen LogP contribution in [0.3, 0.4) is 0 Å². The molecule has 0 saturated heterocycles. The van der Waals surface area contributed by atoms with Gasteiger partial charge in [0.05, 0.1) is 10.0 Å². The lowest BCUT2D eigenvalue weighted by Gasteiger charge is -2.21. The molecule has 0 fully saturated rings. The van der Waals surface area contributed by atoms with Gasteiger partial charge in [0.1, 0.15) is 17.3 Å². The highest BCUT2D eigenvalue weighted by atomic mass is 35.5. The molecule has 3 aromatic carbocycles. The molecule has 1 atom stereocenters. The first-order chi connectivity index (χ1) is 15.5. The Hall–Kier alpha value is -2.57. The minimum Gasteiger partial charge on any atom is -0.481 e. The summed E-state index contributed by atoms with van der Waals surface area (Å²) in [6, 6.07) is 20.3. The van der Waals surface area contributed by atoms with Crippen LogP contribution in [0.25, 0.3) is 0 Å². The maximum atomic E-state index is 6.09. The van der Waals surface area contributed by atoms with E-state index in [0.717, 1.165) is 48.7 Å². The Morgan fingerprint density at radius 1 is 0.812 bits per heavy atom. The van der Waals surface area contributed by atoms with Crippen molar-refractivity contribution < 1.29 is 4.74 Å². The van der Waals surface area contributed by atoms with Crippen molar-refractivity contribution in [1.82, 2.24) is 10.6 Å². The number of nitrogens with two attached hydrogens (primary N) is 1. The largest absolute Gasteiger partial charge is 0.481 e. The first-order valence-electron chi connectivity index (χ1n) is 10.5. The number of aliphatic imine (C=N–C) groups is 1. The van der Waals surface area contributed by atoms with Crippen LogP contribution in [0.1, 0.15) is 29.2 Å². The Labute approximate surface area is 198 Å². The Morgan fingerprint density at radius 3 is 2.06 bits per heavy atom. The van der Waals surface area contributed by atoms with Gasteiger partial charge in [0.2, 0.25) is 0 Å². The molecule has 5 nitrogen and oxygen atoms in total. The molecule has 0 aliphatic carbocycles. The summed E-state index contributed by atoms with van der Waals surface area (Å²) in [6.07, 6.45) is -0.183. The third-order valence-corrected chi connectivity index (χ3v) is 6.02. The van der Waals surface area contributed by atoms with Gasteiger partial charge in [-0.25, -0.2) is 4.99 Å². The van der Waals surface area contributed by atoms with Crippen LogP contribution in [0, 0.1) is 0 Å². The van der Waals surface area contributed by atoms with E-state index in [1.54, 1.807) is 0 Å². The summed E-state index contributed by atoms with van der Waals surface area (Å²) < 4.78 is 5.76. The molecule has 1 aliphatic rings. The molecule has 1 heterocycles. The number of hydrogen-bond donors (Lipinski definition) is 3. The van der Waals surface area contributed by atoms with Crippen LogP contribution in [0.5, 0.6) is 5.75 Å². The summed E-state index contributed by atoms with van der Waals surface area (Å²) in [4.78, 5) is 4.45. The van der Waals surface area contributed by atoms with E-state index in [1.807, 2.05) is 37.3 Å². The molecule has 0 radical (unpaired) electrons. The SMILES string of the molecule is CC1Oc2ccc(CNCc3cccc(CNCc4ccc(Cl)c(Cl)c4)c3)cc2N=C1N. The Kier molecular flexibility index (Phi) is 7.33. The number of rotatable bonds is 8. The van der Waals surface area contributed by atoms with E-state index >= 15 is 0 Å². The van der Waals surface area contributed by atoms with E-state index in [9.17, 15) is 0 Å². The van der Waals surface area contributed by atoms with Crippen LogP contribution in [-0.2, 0) is 26.2 Å². The van der Waals surface area contributed by atoms with Gasteiger partial charge in [0, 0.05) is 26.2 Å². The second-order valence-electron chi connectivity index (χ2n) is 7.87. The standard InChI is InChI=1S/C25H26Cl2N4O/c1-16-25(28)31-23-11-20(6-8-24(23)32-16)15-30-13-18-4-2-3-17(9-18)12-29-14-19-5-7-21(26)22(27)10-19/h2-11,16,29-30H,12-15H2,1H3,(H2,28,31). The Bertz CT molecular complexity index is 1130. The summed E-state index contributed by atoms with van der Waals surface area (Å²) in [5, 5.41) is 8.10. The summed E-state index contributed by atoms with van der Waals surface area (Å²) >= 11 is 12.1. The number of halogens is 2. The number of ether oxygens (including phenoxy) is 1. The van der Waals surface area contributed by atoms with Gasteiger partial charge in [0.15, 0.2) is 6.10 Å². The molecule has 7 heteroatoms. The number of nitrogens with zero attached hydrogens (tertiary/aromatic N) is 1. The van der Waals surface area contributed by atoms with Crippen molar-refractivity contribution >= 4 is 34.7 Å². The van der Waals surface area contributed by atoms with Crippen molar-refractivity contribution in [1.29, 1.82) is 0 Å². The molecule has 1 aliphatic heterocycles. The lowest BCUT2D eigenvalue weighted by Crippen LogP contribution is -2.33. The van der Waals surface area contributed by atoms with Gasteiger partial charge in [-0.05, 0) is 53.4 Å². The minimum atomic E-state index is -0.183. The first-order valence-corrected chi connectivity index (χ1v) is 11.3. The van der Waals surface area contributed by atoms with Gasteiger partial charge in [-0.15, -0.1) is 0 Å². The maximum Gasteiger partial charge on any atom is 0.153 e. The summed E-state index contributed by atoms with van der Waals surface area (Å²) in [7, 11) is 0. The van der Waals surface area contributed by atoms with Crippen molar-refractivity contribution in [2.45, 2.75) is 39.2 Å². The normalized spacial score (nSPS) is 15.1. The average Bonchev–Trinajstić information content (AvgIpc) is 2.77. The van der Waals surface area contributed by atoms with Gasteiger partial charge in [0.25, 0.3) is 0 Å². The maximum absolute atomic E-state index is 6.09. The van der Waals surface area contributed by atoms with E-state index in [2.05, 4.69) is 46.0 Å². The first kappa shape index (κ1) is 22.6. The van der Waals surface area contributed by atoms with Crippen LogP contribution < -0.4 is 21.1 Å². The van der Waals surface area contributed by atoms with E-state index < -0.39 is 0 Å². The topological polar surface area (TPSA) is 71.7 Å². The lowest BCUT2D eigenvalue weighted by atomic mass is 10.1. The molecular weight excluding hydrogens is 443 g/mol. The number of amidine groups is 1. The number of benzene rings is 3. The van der Waals surface area contributed by atoms with Gasteiger partial charge >= 0.3 is 0 Å². The van der Waals surface area contributed by atoms with Gasteiger partial charge in [-0.1, -0.05) is 59.6 Å². The van der Waals surface area contributed by atoms with Crippen LogP contribution in [0.4, 0.5) is 5.69 Å². The van der Waals surface area contributed by atoms with Crippen molar-refractivity contribution in [2.75, 3.05) is 0 Å². The van der Waals surface area contributed by atoms with Crippen LogP contribution in [0.2, 0.25) is 10.0 Å². The highest BCUT2D eigenvalue weighted by Crippen LogP contribution is 2.32. The monoisotopic (exact) mass is 468 g/mol. The molecule has 0 bridgehead atoms. The summed E-state index contributed by atoms with van der Waals surface area (Å²) in [5.74, 6) is 1.28. The van der Waals surface area contributed by atoms with Crippen molar-refractivity contribution in [3.05, 3.63) is 93.0 Å². The summed E-state index contributed by atoms with van der Waals surface area (Å²) in [5.41, 5.74) is 11.4. The molecule has 0 saturated carbocycles. The predicted octanol–water partition coefficient (Wildman–Crippen LogP) is 5.34. The lowest BCUT2D eigenvalue weighted by molar-refractivity contribution is 0.281. The molecule has 4 rings (SSSR count). The molecule has 32 heavy (non-hydrogen) atoms. The average molecular weight is 469 g/mol. The van der Waals surface area contributed by atoms with Gasteiger partial charge < -0.3 is 21.1 Å². The van der Waals surface area contributed by atoms with E-state index in [1.165, 1.54) is 11.1 Å². The number of nitrogens with one attached hydrogen (secondary N) is 2. The minimum absolute atomic E-state index is 0.183. The zero-order chi connectivity index (χ0) is 22.5. The molecule has 166 valence electrons. The Morgan fingerprint density at radius 2 is 1.41 bits per heavy atom. The number of fused-ring (bicyclic) bond motifs is 1. The zero-order valence-electron chi connectivity index (χ0n) is 17.9. The molecule has 4 N–H and O–H groups in total. The van der Waals surface area contributed by atoms with Crippen molar-refractivity contribution in [3.63, 3.8) is 0 Å². The molecule has 0 amide bonds. The second-order valence-corrected chi connectivity index (χ2v) is 8.69. The molecule has 3 aromatic rings. The molecule has 0 spiro atoms. The third kappa shape index (κ3) is 5.81. The van der Waals surface area contributed by atoms with Gasteiger partial charge in [-0.3, -0.25) is 0 Å². The Balaban J connectivity index is 1.27. The van der Waals surface area contributed by atoms with Crippen LogP contribution in [-0.4, -0.2) is 11.9 Å². The second kappa shape index (κ2) is 10.4. The van der Waals surface area contributed by atoms with Crippen molar-refractivity contribution in [2.24, 2.45) is 10.7 Å². The molecule has 0 aromatic heterocycles. The highest BCUT2D eigenvalue weighted by molar-refractivity contribution is 6.42. The number of hydrogen-bond acceptors (Lipinski definition) is 5. The molecule has 1 unspecified atom stereocenters. The fourth-order valence-electron chi connectivity index (χ4n) is 3.54. The van der Waals surface area contributed by atoms with Crippen LogP contribution >= 0.6 is 23.2 Å². The fourth-order valence-corrected chi connectivity index (χ4v) is 3.86. The molecular formula is C25H26Cl2N4O. The zero-order valence-corrected chi connectivity index (χ0v) is 19.4. The summed E-state index contributed by atoms with van der Waals surface area (Å²) in [6.45, 7) is 4.91. The van der Waals surface area contributed by atoms with E-state index in [-0.39, 0.29) is 6.10 Å². The van der Waals surface area contributed by atoms with Crippen LogP contribution in [0.15, 0.2) is 65.7 Å². The van der Waals surface area contributed by atoms with E-state index in [4.69, 9.17) is 33.7 Å².